The molecule has 1 N–H and O–H groups in total. The molecule has 0 unspecified atom stereocenters. The molecule has 0 saturated carbocycles. The second-order valence-electron chi connectivity index (χ2n) is 7.29. The van der Waals surface area contributed by atoms with E-state index >= 15 is 0 Å². The summed E-state index contributed by atoms with van der Waals surface area (Å²) in [6.45, 7) is 5.52. The van der Waals surface area contributed by atoms with Gasteiger partial charge >= 0.3 is 0 Å². The molecule has 1 amide bonds. The van der Waals surface area contributed by atoms with Gasteiger partial charge < -0.3 is 19.3 Å². The third-order valence-corrected chi connectivity index (χ3v) is 5.74. The van der Waals surface area contributed by atoms with E-state index in [2.05, 4.69) is 29.2 Å². The lowest BCUT2D eigenvalue weighted by molar-refractivity contribution is -0.899. The van der Waals surface area contributed by atoms with Crippen molar-refractivity contribution in [3.05, 3.63) is 60.2 Å². The molecule has 2 saturated heterocycles. The first kappa shape index (κ1) is 16.7. The van der Waals surface area contributed by atoms with Gasteiger partial charge in [0.15, 0.2) is 6.67 Å². The van der Waals surface area contributed by atoms with Crippen LogP contribution >= 0.6 is 0 Å². The van der Waals surface area contributed by atoms with Gasteiger partial charge in [-0.1, -0.05) is 36.4 Å². The van der Waals surface area contributed by atoms with Gasteiger partial charge in [0, 0.05) is 11.3 Å². The highest BCUT2D eigenvalue weighted by Gasteiger charge is 2.56. The predicted octanol–water partition coefficient (Wildman–Crippen LogP) is 0.595. The molecule has 1 spiro atoms. The highest BCUT2D eigenvalue weighted by atomic mass is 16.7. The molecular formula is C21H24N3O3+. The molecule has 2 aromatic carbocycles. The van der Waals surface area contributed by atoms with Gasteiger partial charge in [0.1, 0.15) is 0 Å². The average Bonchev–Trinajstić information content (AvgIpc) is 3.31. The number of amides is 1. The van der Waals surface area contributed by atoms with Crippen molar-refractivity contribution < 1.29 is 19.2 Å². The van der Waals surface area contributed by atoms with Crippen molar-refractivity contribution in [1.82, 2.24) is 0 Å². The fraction of sp³-hybridized carbons (Fsp3) is 0.381. The number of benzene rings is 2. The molecule has 0 radical (unpaired) electrons. The van der Waals surface area contributed by atoms with Crippen LogP contribution in [0.2, 0.25) is 0 Å². The second-order valence-corrected chi connectivity index (χ2v) is 7.29. The molecule has 3 heterocycles. The second kappa shape index (κ2) is 6.64. The maximum Gasteiger partial charge on any atom is 0.296 e. The van der Waals surface area contributed by atoms with Gasteiger partial charge in [0.2, 0.25) is 0 Å². The molecule has 0 atom stereocenters. The van der Waals surface area contributed by atoms with Gasteiger partial charge in [0.05, 0.1) is 45.1 Å². The Morgan fingerprint density at radius 1 is 0.926 bits per heavy atom. The SMILES string of the molecule is O=C1N(C[NH+]2CCN(c3ccccc3)CC2)c2ccccc2C12OCCO2. The summed E-state index contributed by atoms with van der Waals surface area (Å²) in [6, 6.07) is 18.4. The number of ether oxygens (including phenoxy) is 2. The number of nitrogens with zero attached hydrogens (tertiary/aromatic N) is 2. The van der Waals surface area contributed by atoms with Crippen molar-refractivity contribution in [2.24, 2.45) is 0 Å². The van der Waals surface area contributed by atoms with E-state index in [0.717, 1.165) is 37.4 Å². The number of carbonyl (C=O) groups excluding carboxylic acids is 1. The molecular weight excluding hydrogens is 342 g/mol. The number of rotatable bonds is 3. The first-order chi connectivity index (χ1) is 13.3. The molecule has 2 aromatic rings. The van der Waals surface area contributed by atoms with Crippen LogP contribution in [0.15, 0.2) is 54.6 Å². The summed E-state index contributed by atoms with van der Waals surface area (Å²) in [5.41, 5.74) is 3.03. The van der Waals surface area contributed by atoms with Gasteiger partial charge in [-0.3, -0.25) is 9.69 Å². The Balaban J connectivity index is 1.31. The van der Waals surface area contributed by atoms with Crippen LogP contribution < -0.4 is 14.7 Å². The lowest BCUT2D eigenvalue weighted by atomic mass is 10.1. The van der Waals surface area contributed by atoms with Gasteiger partial charge in [-0.05, 0) is 18.2 Å². The number of anilines is 2. The molecule has 6 heteroatoms. The van der Waals surface area contributed by atoms with Crippen molar-refractivity contribution in [1.29, 1.82) is 0 Å². The van der Waals surface area contributed by atoms with E-state index in [0.29, 0.717) is 19.9 Å². The third-order valence-electron chi connectivity index (χ3n) is 5.74. The molecule has 2 fully saturated rings. The summed E-state index contributed by atoms with van der Waals surface area (Å²) < 4.78 is 11.6. The quantitative estimate of drug-likeness (QED) is 0.864. The van der Waals surface area contributed by atoms with Crippen molar-refractivity contribution >= 4 is 17.3 Å². The molecule has 3 aliphatic rings. The maximum absolute atomic E-state index is 13.2. The number of quaternary nitrogens is 1. The lowest BCUT2D eigenvalue weighted by Gasteiger charge is -2.35. The van der Waals surface area contributed by atoms with Gasteiger partial charge in [0.25, 0.3) is 11.7 Å². The monoisotopic (exact) mass is 366 g/mol. The first-order valence-corrected chi connectivity index (χ1v) is 9.61. The Kier molecular flexibility index (Phi) is 4.11. The number of hydrogen-bond donors (Lipinski definition) is 1. The molecule has 0 aromatic heterocycles. The van der Waals surface area contributed by atoms with E-state index in [1.165, 1.54) is 10.6 Å². The summed E-state index contributed by atoms with van der Waals surface area (Å²) in [7, 11) is 0. The summed E-state index contributed by atoms with van der Waals surface area (Å²) in [4.78, 5) is 18.9. The standard InChI is InChI=1S/C21H23N3O3/c25-20-21(26-14-15-27-21)18-8-4-5-9-19(18)24(20)16-22-10-12-23(13-11-22)17-6-2-1-3-7-17/h1-9H,10-16H2/p+1. The lowest BCUT2D eigenvalue weighted by Crippen LogP contribution is -3.16. The Labute approximate surface area is 158 Å². The Morgan fingerprint density at radius 2 is 1.59 bits per heavy atom. The van der Waals surface area contributed by atoms with Crippen LogP contribution in [0.5, 0.6) is 0 Å². The summed E-state index contributed by atoms with van der Waals surface area (Å²) in [6.07, 6.45) is 0. The molecule has 3 aliphatic heterocycles. The highest BCUT2D eigenvalue weighted by molar-refractivity contribution is 6.06. The van der Waals surface area contributed by atoms with E-state index in [4.69, 9.17) is 9.47 Å². The summed E-state index contributed by atoms with van der Waals surface area (Å²) in [5, 5.41) is 0. The zero-order valence-electron chi connectivity index (χ0n) is 15.3. The normalized spacial score (nSPS) is 21.9. The molecule has 27 heavy (non-hydrogen) atoms. The fourth-order valence-electron chi connectivity index (χ4n) is 4.34. The van der Waals surface area contributed by atoms with Crippen LogP contribution in [-0.2, 0) is 20.1 Å². The van der Waals surface area contributed by atoms with Crippen LogP contribution in [-0.4, -0.2) is 52.0 Å². The molecule has 5 rings (SSSR count). The number of hydrogen-bond acceptors (Lipinski definition) is 4. The number of nitrogens with one attached hydrogen (secondary N) is 1. The van der Waals surface area contributed by atoms with Crippen molar-refractivity contribution in [2.45, 2.75) is 5.79 Å². The van der Waals surface area contributed by atoms with Crippen LogP contribution in [0.1, 0.15) is 5.56 Å². The van der Waals surface area contributed by atoms with E-state index < -0.39 is 5.79 Å². The largest absolute Gasteiger partial charge is 0.360 e. The number of piperazine rings is 1. The Hall–Kier alpha value is -2.41. The molecule has 0 aliphatic carbocycles. The smallest absolute Gasteiger partial charge is 0.296 e. The highest BCUT2D eigenvalue weighted by Crippen LogP contribution is 2.45. The zero-order chi connectivity index (χ0) is 18.3. The maximum atomic E-state index is 13.2. The Morgan fingerprint density at radius 3 is 2.33 bits per heavy atom. The molecule has 0 bridgehead atoms. The number of fused-ring (bicyclic) bond motifs is 2. The van der Waals surface area contributed by atoms with Crippen LogP contribution in [0, 0.1) is 0 Å². The third kappa shape index (κ3) is 2.72. The van der Waals surface area contributed by atoms with Crippen LogP contribution in [0.3, 0.4) is 0 Å². The van der Waals surface area contributed by atoms with Crippen molar-refractivity contribution in [2.75, 3.05) is 55.9 Å². The van der Waals surface area contributed by atoms with Crippen LogP contribution in [0.25, 0.3) is 0 Å². The molecule has 6 nitrogen and oxygen atoms in total. The topological polar surface area (TPSA) is 46.5 Å². The van der Waals surface area contributed by atoms with E-state index in [9.17, 15) is 4.79 Å². The number of carbonyl (C=O) groups is 1. The fourth-order valence-corrected chi connectivity index (χ4v) is 4.34. The molecule has 140 valence electrons. The van der Waals surface area contributed by atoms with E-state index in [1.54, 1.807) is 0 Å². The first-order valence-electron chi connectivity index (χ1n) is 9.61. The minimum atomic E-state index is -1.22. The number of para-hydroxylation sites is 2. The minimum absolute atomic E-state index is 0.0841. The van der Waals surface area contributed by atoms with Crippen molar-refractivity contribution in [3.63, 3.8) is 0 Å². The van der Waals surface area contributed by atoms with Gasteiger partial charge in [-0.2, -0.15) is 0 Å². The Bertz CT molecular complexity index is 828. The predicted molar refractivity (Wildman–Crippen MR) is 102 cm³/mol. The van der Waals surface area contributed by atoms with E-state index in [-0.39, 0.29) is 5.91 Å². The van der Waals surface area contributed by atoms with Crippen LogP contribution in [0.4, 0.5) is 11.4 Å². The van der Waals surface area contributed by atoms with Crippen molar-refractivity contribution in [3.8, 4) is 0 Å². The minimum Gasteiger partial charge on any atom is -0.360 e. The average molecular weight is 366 g/mol. The summed E-state index contributed by atoms with van der Waals surface area (Å²) in [5.74, 6) is -1.30. The van der Waals surface area contributed by atoms with Gasteiger partial charge in [-0.15, -0.1) is 0 Å². The summed E-state index contributed by atoms with van der Waals surface area (Å²) >= 11 is 0. The zero-order valence-corrected chi connectivity index (χ0v) is 15.3. The van der Waals surface area contributed by atoms with Gasteiger partial charge in [-0.25, -0.2) is 0 Å². The van der Waals surface area contributed by atoms with E-state index in [1.807, 2.05) is 35.2 Å².